The molecule has 0 saturated carbocycles. The molecule has 0 saturated heterocycles. The van der Waals surface area contributed by atoms with E-state index in [0.717, 1.165) is 48.5 Å². The highest BCUT2D eigenvalue weighted by molar-refractivity contribution is 5.53. The number of unbranched alkanes of at least 4 members (excludes halogenated alkanes) is 2. The minimum Gasteiger partial charge on any atom is -0.492 e. The highest BCUT2D eigenvalue weighted by atomic mass is 16.5. The average Bonchev–Trinajstić information content (AvgIpc) is 3.34. The first-order valence-electron chi connectivity index (χ1n) is 10.7. The molecule has 7 nitrogen and oxygen atoms in total. The van der Waals surface area contributed by atoms with E-state index in [4.69, 9.17) is 13.6 Å². The number of oxazole rings is 2. The predicted octanol–water partition coefficient (Wildman–Crippen LogP) is 5.17. The summed E-state index contributed by atoms with van der Waals surface area (Å²) in [6.07, 6.45) is 4.33. The SMILES string of the molecule is Cc1oc(-c2ccccc2)nc1COc1ccc(CCCCCc2oc(=O)[nH]c2O)cc1. The van der Waals surface area contributed by atoms with Gasteiger partial charge in [0.25, 0.3) is 0 Å². The van der Waals surface area contributed by atoms with Crippen LogP contribution in [0.2, 0.25) is 0 Å². The van der Waals surface area contributed by atoms with Crippen LogP contribution in [0.5, 0.6) is 11.6 Å². The summed E-state index contributed by atoms with van der Waals surface area (Å²) in [5, 5.41) is 9.51. The van der Waals surface area contributed by atoms with Gasteiger partial charge in [0.05, 0.1) is 0 Å². The number of nitrogens with one attached hydrogen (secondary N) is 1. The van der Waals surface area contributed by atoms with Crippen LogP contribution in [-0.2, 0) is 19.4 Å². The summed E-state index contributed by atoms with van der Waals surface area (Å²) < 4.78 is 16.6. The van der Waals surface area contributed by atoms with Crippen LogP contribution in [0.15, 0.2) is 68.2 Å². The van der Waals surface area contributed by atoms with Gasteiger partial charge in [0.15, 0.2) is 5.76 Å². The zero-order chi connectivity index (χ0) is 22.3. The van der Waals surface area contributed by atoms with Crippen molar-refractivity contribution in [1.82, 2.24) is 9.97 Å². The normalized spacial score (nSPS) is 11.0. The van der Waals surface area contributed by atoms with Crippen LogP contribution in [-0.4, -0.2) is 15.1 Å². The molecule has 0 aliphatic carbocycles. The van der Waals surface area contributed by atoms with E-state index in [0.29, 0.717) is 24.7 Å². The van der Waals surface area contributed by atoms with Crippen molar-refractivity contribution in [2.24, 2.45) is 0 Å². The van der Waals surface area contributed by atoms with Gasteiger partial charge in [0, 0.05) is 12.0 Å². The number of aromatic hydroxyl groups is 1. The minimum atomic E-state index is -0.616. The van der Waals surface area contributed by atoms with Gasteiger partial charge in [-0.05, 0) is 56.0 Å². The van der Waals surface area contributed by atoms with Crippen LogP contribution < -0.4 is 10.5 Å². The summed E-state index contributed by atoms with van der Waals surface area (Å²) in [4.78, 5) is 17.8. The van der Waals surface area contributed by atoms with Crippen molar-refractivity contribution in [3.63, 3.8) is 0 Å². The lowest BCUT2D eigenvalue weighted by Crippen LogP contribution is -1.98. The van der Waals surface area contributed by atoms with E-state index < -0.39 is 5.76 Å². The number of nitrogens with zero attached hydrogens (tertiary/aromatic N) is 1. The van der Waals surface area contributed by atoms with Crippen molar-refractivity contribution in [3.8, 4) is 23.1 Å². The zero-order valence-corrected chi connectivity index (χ0v) is 18.0. The van der Waals surface area contributed by atoms with E-state index in [9.17, 15) is 9.90 Å². The van der Waals surface area contributed by atoms with Crippen molar-refractivity contribution in [2.45, 2.75) is 45.6 Å². The van der Waals surface area contributed by atoms with Gasteiger partial charge in [0.2, 0.25) is 11.8 Å². The molecule has 0 atom stereocenters. The number of H-pyrrole nitrogens is 1. The second kappa shape index (κ2) is 10.0. The van der Waals surface area contributed by atoms with E-state index in [-0.39, 0.29) is 5.88 Å². The molecule has 2 aromatic heterocycles. The molecule has 4 aromatic rings. The largest absolute Gasteiger partial charge is 0.492 e. The van der Waals surface area contributed by atoms with Gasteiger partial charge in [-0.3, -0.25) is 4.98 Å². The van der Waals surface area contributed by atoms with Gasteiger partial charge >= 0.3 is 5.76 Å². The molecule has 4 rings (SSSR count). The molecule has 0 fully saturated rings. The molecule has 0 bridgehead atoms. The van der Waals surface area contributed by atoms with Gasteiger partial charge in [-0.2, -0.15) is 0 Å². The first-order chi connectivity index (χ1) is 15.6. The smallest absolute Gasteiger partial charge is 0.419 e. The molecule has 0 amide bonds. The van der Waals surface area contributed by atoms with Gasteiger partial charge in [0.1, 0.15) is 23.8 Å². The molecule has 2 heterocycles. The van der Waals surface area contributed by atoms with Crippen molar-refractivity contribution in [2.75, 3.05) is 0 Å². The molecule has 0 radical (unpaired) electrons. The van der Waals surface area contributed by atoms with Crippen molar-refractivity contribution < 1.29 is 18.7 Å². The Labute approximate surface area is 185 Å². The topological polar surface area (TPSA) is 101 Å². The van der Waals surface area contributed by atoms with Crippen LogP contribution in [0, 0.1) is 6.92 Å². The van der Waals surface area contributed by atoms with Crippen molar-refractivity contribution >= 4 is 0 Å². The van der Waals surface area contributed by atoms with E-state index in [1.165, 1.54) is 5.56 Å². The van der Waals surface area contributed by atoms with Gasteiger partial charge in [-0.25, -0.2) is 9.78 Å². The second-order valence-corrected chi connectivity index (χ2v) is 7.67. The molecular formula is C25H26N2O5. The number of hydrogen-bond donors (Lipinski definition) is 2. The number of aromatic nitrogens is 2. The number of aromatic amines is 1. The van der Waals surface area contributed by atoms with Gasteiger partial charge < -0.3 is 18.7 Å². The summed E-state index contributed by atoms with van der Waals surface area (Å²) in [6, 6.07) is 17.9. The van der Waals surface area contributed by atoms with Gasteiger partial charge in [-0.1, -0.05) is 36.8 Å². The summed E-state index contributed by atoms with van der Waals surface area (Å²) >= 11 is 0. The lowest BCUT2D eigenvalue weighted by atomic mass is 10.1. The Morgan fingerprint density at radius 2 is 1.72 bits per heavy atom. The monoisotopic (exact) mass is 434 g/mol. The highest BCUT2D eigenvalue weighted by Crippen LogP contribution is 2.23. The Kier molecular flexibility index (Phi) is 6.75. The summed E-state index contributed by atoms with van der Waals surface area (Å²) in [6.45, 7) is 2.25. The molecule has 2 N–H and O–H groups in total. The highest BCUT2D eigenvalue weighted by Gasteiger charge is 2.12. The summed E-state index contributed by atoms with van der Waals surface area (Å²) in [5.41, 5.74) is 2.97. The molecule has 7 heteroatoms. The lowest BCUT2D eigenvalue weighted by molar-refractivity contribution is 0.299. The molecule has 0 aliphatic heterocycles. The fraction of sp³-hybridized carbons (Fsp3) is 0.280. The summed E-state index contributed by atoms with van der Waals surface area (Å²) in [7, 11) is 0. The molecular weight excluding hydrogens is 408 g/mol. The van der Waals surface area contributed by atoms with Crippen molar-refractivity contribution in [3.05, 3.63) is 87.9 Å². The lowest BCUT2D eigenvalue weighted by Gasteiger charge is -2.06. The maximum absolute atomic E-state index is 11.0. The molecule has 0 unspecified atom stereocenters. The van der Waals surface area contributed by atoms with Crippen LogP contribution in [0.1, 0.15) is 42.0 Å². The fourth-order valence-electron chi connectivity index (χ4n) is 3.48. The second-order valence-electron chi connectivity index (χ2n) is 7.67. The standard InChI is InChI=1S/C25H26N2O5/c1-17-21(26-24(31-17)19-9-5-3-6-10-19)16-30-20-14-12-18(13-15-20)8-4-2-7-11-22-23(28)27-25(29)32-22/h3,5-6,9-10,12-15,28H,2,4,7-8,11,16H2,1H3,(H,27,29). The average molecular weight is 434 g/mol. The van der Waals surface area contributed by atoms with Crippen molar-refractivity contribution in [1.29, 1.82) is 0 Å². The number of hydrogen-bond acceptors (Lipinski definition) is 6. The molecule has 0 aliphatic rings. The van der Waals surface area contributed by atoms with E-state index in [1.807, 2.05) is 49.4 Å². The first-order valence-corrected chi connectivity index (χ1v) is 10.7. The maximum atomic E-state index is 11.0. The van der Waals surface area contributed by atoms with Crippen LogP contribution in [0.3, 0.4) is 0 Å². The third kappa shape index (κ3) is 5.49. The molecule has 2 aromatic carbocycles. The Bertz CT molecular complexity index is 1190. The van der Waals surface area contributed by atoms with Crippen LogP contribution in [0.4, 0.5) is 0 Å². The first kappa shape index (κ1) is 21.5. The Morgan fingerprint density at radius 1 is 0.969 bits per heavy atom. The molecule has 166 valence electrons. The third-order valence-electron chi connectivity index (χ3n) is 5.28. The third-order valence-corrected chi connectivity index (χ3v) is 5.28. The number of benzene rings is 2. The number of rotatable bonds is 10. The quantitative estimate of drug-likeness (QED) is 0.334. The van der Waals surface area contributed by atoms with E-state index in [2.05, 4.69) is 22.1 Å². The predicted molar refractivity (Wildman–Crippen MR) is 120 cm³/mol. The molecule has 0 spiro atoms. The van der Waals surface area contributed by atoms with E-state index >= 15 is 0 Å². The maximum Gasteiger partial charge on any atom is 0.419 e. The Morgan fingerprint density at radius 3 is 2.44 bits per heavy atom. The minimum absolute atomic E-state index is 0.164. The zero-order valence-electron chi connectivity index (χ0n) is 18.0. The summed E-state index contributed by atoms with van der Waals surface area (Å²) in [5.74, 6) is 1.70. The fourth-order valence-corrected chi connectivity index (χ4v) is 3.48. The number of aryl methyl sites for hydroxylation is 3. The Hall–Kier alpha value is -3.74. The van der Waals surface area contributed by atoms with E-state index in [1.54, 1.807) is 0 Å². The molecule has 32 heavy (non-hydrogen) atoms. The number of ether oxygens (including phenoxy) is 1. The van der Waals surface area contributed by atoms with Crippen LogP contribution >= 0.6 is 0 Å². The van der Waals surface area contributed by atoms with Crippen LogP contribution in [0.25, 0.3) is 11.5 Å². The van der Waals surface area contributed by atoms with Gasteiger partial charge in [-0.15, -0.1) is 0 Å². The Balaban J connectivity index is 1.21.